The van der Waals surface area contributed by atoms with E-state index in [1.54, 1.807) is 20.2 Å². The Morgan fingerprint density at radius 2 is 1.70 bits per heavy atom. The average molecular weight is 417 g/mol. The van der Waals surface area contributed by atoms with Gasteiger partial charge < -0.3 is 25.0 Å². The highest BCUT2D eigenvalue weighted by Gasteiger charge is 2.08. The highest BCUT2D eigenvalue weighted by Crippen LogP contribution is 2.28. The summed E-state index contributed by atoms with van der Waals surface area (Å²) < 4.78 is 24.7. The van der Waals surface area contributed by atoms with E-state index >= 15 is 0 Å². The van der Waals surface area contributed by atoms with Gasteiger partial charge in [-0.05, 0) is 48.5 Å². The third-order valence-corrected chi connectivity index (χ3v) is 4.82. The second-order valence-electron chi connectivity index (χ2n) is 6.77. The molecule has 0 fully saturated rings. The van der Waals surface area contributed by atoms with Crippen molar-refractivity contribution >= 4 is 5.96 Å². The Morgan fingerprint density at radius 3 is 2.30 bits per heavy atom. The molecule has 0 aromatic heterocycles. The number of methoxy groups -OCH3 is 1. The molecule has 0 atom stereocenters. The molecule has 6 nitrogen and oxygen atoms in total. The fourth-order valence-electron chi connectivity index (χ4n) is 3.00. The molecule has 0 aliphatic carbocycles. The minimum absolute atomic E-state index is 0.247. The number of nitrogens with one attached hydrogen (secondary N) is 2. The number of nitrogens with zero attached hydrogens (tertiary/aromatic N) is 2. The van der Waals surface area contributed by atoms with E-state index < -0.39 is 0 Å². The number of rotatable bonds is 11. The summed E-state index contributed by atoms with van der Waals surface area (Å²) in [6, 6.07) is 12.4. The van der Waals surface area contributed by atoms with Crippen LogP contribution in [0.1, 0.15) is 25.0 Å². The number of hydrogen-bond donors (Lipinski definition) is 2. The molecular weight excluding hydrogens is 383 g/mol. The predicted molar refractivity (Wildman–Crippen MR) is 120 cm³/mol. The molecule has 0 aliphatic rings. The minimum Gasteiger partial charge on any atom is -0.493 e. The first-order chi connectivity index (χ1) is 14.6. The van der Waals surface area contributed by atoms with E-state index in [2.05, 4.69) is 34.4 Å². The van der Waals surface area contributed by atoms with Crippen molar-refractivity contribution in [3.05, 3.63) is 59.4 Å². The molecule has 0 spiro atoms. The van der Waals surface area contributed by atoms with Crippen LogP contribution in [0.5, 0.6) is 11.5 Å². The van der Waals surface area contributed by atoms with E-state index in [9.17, 15) is 4.39 Å². The number of likely N-dealkylation sites (N-methyl/N-ethyl adjacent to an activating group) is 1. The maximum atomic E-state index is 13.3. The van der Waals surface area contributed by atoms with Gasteiger partial charge in [-0.3, -0.25) is 4.99 Å². The van der Waals surface area contributed by atoms with Crippen LogP contribution in [0, 0.1) is 5.82 Å². The molecule has 2 aromatic carbocycles. The summed E-state index contributed by atoms with van der Waals surface area (Å²) in [5.41, 5.74) is 1.89. The van der Waals surface area contributed by atoms with Gasteiger partial charge in [-0.15, -0.1) is 0 Å². The molecule has 0 saturated heterocycles. The molecule has 7 heteroatoms. The molecule has 0 aliphatic heterocycles. The van der Waals surface area contributed by atoms with Gasteiger partial charge in [0, 0.05) is 26.7 Å². The smallest absolute Gasteiger partial charge is 0.191 e. The molecule has 2 rings (SSSR count). The summed E-state index contributed by atoms with van der Waals surface area (Å²) in [5, 5.41) is 6.44. The molecule has 164 valence electrons. The van der Waals surface area contributed by atoms with Gasteiger partial charge in [0.1, 0.15) is 12.4 Å². The van der Waals surface area contributed by atoms with Crippen molar-refractivity contribution in [2.45, 2.75) is 26.9 Å². The van der Waals surface area contributed by atoms with Crippen LogP contribution >= 0.6 is 0 Å². The Balaban J connectivity index is 1.87. The van der Waals surface area contributed by atoms with Crippen molar-refractivity contribution < 1.29 is 13.9 Å². The van der Waals surface area contributed by atoms with Crippen LogP contribution in [-0.4, -0.2) is 51.3 Å². The van der Waals surface area contributed by atoms with Crippen LogP contribution in [0.15, 0.2) is 47.5 Å². The standard InChI is InChI=1S/C23H33FN4O2/c1-5-28(6-2)12-13-30-21-11-10-19(15-22(21)29-4)17-27-23(25-3)26-16-18-8-7-9-20(24)14-18/h7-11,14-15H,5-6,12-13,16-17H2,1-4H3,(H2,25,26,27). The van der Waals surface area contributed by atoms with Crippen molar-refractivity contribution in [1.29, 1.82) is 0 Å². The summed E-state index contributed by atoms with van der Waals surface area (Å²) in [5.74, 6) is 1.83. The highest BCUT2D eigenvalue weighted by molar-refractivity contribution is 5.79. The summed E-state index contributed by atoms with van der Waals surface area (Å²) in [7, 11) is 3.34. The summed E-state index contributed by atoms with van der Waals surface area (Å²) in [4.78, 5) is 6.53. The third-order valence-electron chi connectivity index (χ3n) is 4.82. The topological polar surface area (TPSA) is 58.1 Å². The van der Waals surface area contributed by atoms with Gasteiger partial charge in [0.25, 0.3) is 0 Å². The zero-order valence-corrected chi connectivity index (χ0v) is 18.4. The van der Waals surface area contributed by atoms with Crippen LogP contribution in [0.25, 0.3) is 0 Å². The number of aliphatic imine (C=N–C) groups is 1. The van der Waals surface area contributed by atoms with E-state index in [1.165, 1.54) is 12.1 Å². The Bertz CT molecular complexity index is 810. The van der Waals surface area contributed by atoms with E-state index in [0.717, 1.165) is 36.5 Å². The Hall–Kier alpha value is -2.80. The number of ether oxygens (including phenoxy) is 2. The van der Waals surface area contributed by atoms with Gasteiger partial charge in [-0.1, -0.05) is 32.0 Å². The quantitative estimate of drug-likeness (QED) is 0.434. The first-order valence-corrected chi connectivity index (χ1v) is 10.3. The number of hydrogen-bond acceptors (Lipinski definition) is 4. The molecule has 0 bridgehead atoms. The average Bonchev–Trinajstić information content (AvgIpc) is 2.77. The molecule has 0 saturated carbocycles. The van der Waals surface area contributed by atoms with Crippen LogP contribution < -0.4 is 20.1 Å². The van der Waals surface area contributed by atoms with Crippen molar-refractivity contribution in [3.8, 4) is 11.5 Å². The fourth-order valence-corrected chi connectivity index (χ4v) is 3.00. The highest BCUT2D eigenvalue weighted by atomic mass is 19.1. The SMILES string of the molecule is CCN(CC)CCOc1ccc(CNC(=NC)NCc2cccc(F)c2)cc1OC. The van der Waals surface area contributed by atoms with E-state index in [0.29, 0.717) is 31.4 Å². The predicted octanol–water partition coefficient (Wildman–Crippen LogP) is 3.42. The zero-order valence-electron chi connectivity index (χ0n) is 18.4. The summed E-state index contributed by atoms with van der Waals surface area (Å²) in [6.07, 6.45) is 0. The molecule has 2 N–H and O–H groups in total. The number of guanidine groups is 1. The molecule has 2 aromatic rings. The van der Waals surface area contributed by atoms with Crippen LogP contribution in [0.2, 0.25) is 0 Å². The molecule has 0 radical (unpaired) electrons. The maximum Gasteiger partial charge on any atom is 0.191 e. The Kier molecular flexibility index (Phi) is 9.94. The van der Waals surface area contributed by atoms with Gasteiger partial charge in [-0.2, -0.15) is 0 Å². The van der Waals surface area contributed by atoms with E-state index in [1.807, 2.05) is 24.3 Å². The summed E-state index contributed by atoms with van der Waals surface area (Å²) in [6.45, 7) is 8.86. The monoisotopic (exact) mass is 416 g/mol. The van der Waals surface area contributed by atoms with E-state index in [4.69, 9.17) is 9.47 Å². The minimum atomic E-state index is -0.247. The third kappa shape index (κ3) is 7.55. The molecular formula is C23H33FN4O2. The molecule has 0 amide bonds. The maximum absolute atomic E-state index is 13.3. The van der Waals surface area contributed by atoms with Gasteiger partial charge in [0.05, 0.1) is 7.11 Å². The second-order valence-corrected chi connectivity index (χ2v) is 6.77. The molecule has 30 heavy (non-hydrogen) atoms. The van der Waals surface area contributed by atoms with Crippen LogP contribution in [0.4, 0.5) is 4.39 Å². The number of halogens is 1. The molecule has 0 heterocycles. The van der Waals surface area contributed by atoms with Gasteiger partial charge >= 0.3 is 0 Å². The largest absolute Gasteiger partial charge is 0.493 e. The molecule has 0 unspecified atom stereocenters. The number of benzene rings is 2. The first kappa shape index (κ1) is 23.5. The first-order valence-electron chi connectivity index (χ1n) is 10.3. The van der Waals surface area contributed by atoms with Crippen LogP contribution in [-0.2, 0) is 13.1 Å². The summed E-state index contributed by atoms with van der Waals surface area (Å²) >= 11 is 0. The van der Waals surface area contributed by atoms with Crippen molar-refractivity contribution in [1.82, 2.24) is 15.5 Å². The van der Waals surface area contributed by atoms with E-state index in [-0.39, 0.29) is 5.82 Å². The van der Waals surface area contributed by atoms with Crippen LogP contribution in [0.3, 0.4) is 0 Å². The van der Waals surface area contributed by atoms with Crippen molar-refractivity contribution in [3.63, 3.8) is 0 Å². The Labute approximate surface area is 179 Å². The van der Waals surface area contributed by atoms with Gasteiger partial charge in [0.2, 0.25) is 0 Å². The van der Waals surface area contributed by atoms with Crippen molar-refractivity contribution in [2.24, 2.45) is 4.99 Å². The lowest BCUT2D eigenvalue weighted by atomic mass is 10.2. The lowest BCUT2D eigenvalue weighted by molar-refractivity contribution is 0.217. The normalized spacial score (nSPS) is 11.5. The van der Waals surface area contributed by atoms with Gasteiger partial charge in [-0.25, -0.2) is 4.39 Å². The zero-order chi connectivity index (χ0) is 21.8. The lowest BCUT2D eigenvalue weighted by Crippen LogP contribution is -2.36. The van der Waals surface area contributed by atoms with Gasteiger partial charge in [0.15, 0.2) is 17.5 Å². The lowest BCUT2D eigenvalue weighted by Gasteiger charge is -2.19. The second kappa shape index (κ2) is 12.7. The fraction of sp³-hybridized carbons (Fsp3) is 0.435. The Morgan fingerprint density at radius 1 is 1.00 bits per heavy atom. The van der Waals surface area contributed by atoms with Crippen molar-refractivity contribution in [2.75, 3.05) is 40.4 Å².